The van der Waals surface area contributed by atoms with Crippen LogP contribution < -0.4 is 10.1 Å². The standard InChI is InChI=1S/C13H17BrClNO.C2H2O4/c14-10-5-6-13(12(15)9-10)17-8-7-16-11-3-1-2-4-11;3-1(4)2(5)6/h5-6,9,11,16H,1-4,7-8H2;(H,3,4)(H,5,6). The van der Waals surface area contributed by atoms with Gasteiger partial charge < -0.3 is 20.3 Å². The van der Waals surface area contributed by atoms with Crippen molar-refractivity contribution in [3.63, 3.8) is 0 Å². The number of carbonyl (C=O) groups is 2. The second-order valence-electron chi connectivity index (χ2n) is 4.97. The van der Waals surface area contributed by atoms with E-state index >= 15 is 0 Å². The normalized spacial score (nSPS) is 14.0. The fourth-order valence-electron chi connectivity index (χ4n) is 2.15. The van der Waals surface area contributed by atoms with E-state index in [1.165, 1.54) is 25.7 Å². The summed E-state index contributed by atoms with van der Waals surface area (Å²) in [6.07, 6.45) is 5.33. The highest BCUT2D eigenvalue weighted by Gasteiger charge is 2.13. The number of hydrogen-bond acceptors (Lipinski definition) is 4. The predicted octanol–water partition coefficient (Wildman–Crippen LogP) is 3.17. The lowest BCUT2D eigenvalue weighted by Gasteiger charge is -2.13. The molecular weight excluding hydrogens is 390 g/mol. The minimum absolute atomic E-state index is 0.653. The Labute approximate surface area is 147 Å². The molecule has 0 heterocycles. The van der Waals surface area contributed by atoms with Crippen molar-refractivity contribution in [2.24, 2.45) is 0 Å². The fraction of sp³-hybridized carbons (Fsp3) is 0.467. The maximum Gasteiger partial charge on any atom is 0.414 e. The highest BCUT2D eigenvalue weighted by molar-refractivity contribution is 9.10. The second-order valence-corrected chi connectivity index (χ2v) is 6.29. The van der Waals surface area contributed by atoms with Crippen LogP contribution in [0.4, 0.5) is 0 Å². The van der Waals surface area contributed by atoms with Crippen LogP contribution in [-0.4, -0.2) is 41.3 Å². The van der Waals surface area contributed by atoms with Gasteiger partial charge in [0.25, 0.3) is 0 Å². The van der Waals surface area contributed by atoms with Gasteiger partial charge in [-0.3, -0.25) is 0 Å². The Morgan fingerprint density at radius 2 is 1.87 bits per heavy atom. The molecule has 0 spiro atoms. The molecule has 128 valence electrons. The quantitative estimate of drug-likeness (QED) is 0.511. The molecular formula is C15H19BrClNO5. The van der Waals surface area contributed by atoms with Gasteiger partial charge in [0, 0.05) is 17.1 Å². The molecule has 0 aromatic heterocycles. The summed E-state index contributed by atoms with van der Waals surface area (Å²) >= 11 is 9.43. The van der Waals surface area contributed by atoms with Crippen molar-refractivity contribution in [3.05, 3.63) is 27.7 Å². The largest absolute Gasteiger partial charge is 0.491 e. The zero-order chi connectivity index (χ0) is 17.2. The van der Waals surface area contributed by atoms with Crippen LogP contribution in [0.1, 0.15) is 25.7 Å². The van der Waals surface area contributed by atoms with Gasteiger partial charge in [-0.2, -0.15) is 0 Å². The van der Waals surface area contributed by atoms with E-state index in [1.807, 2.05) is 18.2 Å². The number of rotatable bonds is 5. The van der Waals surface area contributed by atoms with E-state index in [9.17, 15) is 0 Å². The van der Waals surface area contributed by atoms with Gasteiger partial charge in [-0.05, 0) is 31.0 Å². The Morgan fingerprint density at radius 3 is 2.39 bits per heavy atom. The highest BCUT2D eigenvalue weighted by atomic mass is 79.9. The van der Waals surface area contributed by atoms with Crippen LogP contribution in [0.2, 0.25) is 5.02 Å². The summed E-state index contributed by atoms with van der Waals surface area (Å²) in [5.41, 5.74) is 0. The molecule has 1 saturated carbocycles. The SMILES string of the molecule is Clc1cc(Br)ccc1OCCNC1CCCC1.O=C(O)C(=O)O. The second kappa shape index (κ2) is 10.5. The Kier molecular flexibility index (Phi) is 8.98. The molecule has 6 nitrogen and oxygen atoms in total. The lowest BCUT2D eigenvalue weighted by atomic mass is 10.2. The highest BCUT2D eigenvalue weighted by Crippen LogP contribution is 2.27. The van der Waals surface area contributed by atoms with Crippen LogP contribution in [-0.2, 0) is 9.59 Å². The first-order valence-corrected chi connectivity index (χ1v) is 8.34. The van der Waals surface area contributed by atoms with E-state index < -0.39 is 11.9 Å². The zero-order valence-electron chi connectivity index (χ0n) is 12.4. The Hall–Kier alpha value is -1.31. The fourth-order valence-corrected chi connectivity index (χ4v) is 2.87. The van der Waals surface area contributed by atoms with Gasteiger partial charge in [0.05, 0.1) is 5.02 Å². The van der Waals surface area contributed by atoms with Gasteiger partial charge >= 0.3 is 11.9 Å². The van der Waals surface area contributed by atoms with Crippen molar-refractivity contribution in [2.45, 2.75) is 31.7 Å². The number of hydrogen-bond donors (Lipinski definition) is 3. The molecule has 0 amide bonds. The van der Waals surface area contributed by atoms with E-state index in [0.29, 0.717) is 17.7 Å². The van der Waals surface area contributed by atoms with Crippen LogP contribution in [0.15, 0.2) is 22.7 Å². The average Bonchev–Trinajstić information content (AvgIpc) is 2.99. The van der Waals surface area contributed by atoms with Crippen LogP contribution in [0.5, 0.6) is 5.75 Å². The van der Waals surface area contributed by atoms with Gasteiger partial charge in [0.1, 0.15) is 12.4 Å². The number of aliphatic carboxylic acids is 2. The van der Waals surface area contributed by atoms with Crippen molar-refractivity contribution in [2.75, 3.05) is 13.2 Å². The molecule has 2 rings (SSSR count). The molecule has 0 bridgehead atoms. The molecule has 1 fully saturated rings. The number of nitrogens with one attached hydrogen (secondary N) is 1. The topological polar surface area (TPSA) is 95.9 Å². The lowest BCUT2D eigenvalue weighted by molar-refractivity contribution is -0.159. The van der Waals surface area contributed by atoms with Crippen molar-refractivity contribution in [3.8, 4) is 5.75 Å². The van der Waals surface area contributed by atoms with Crippen molar-refractivity contribution in [1.29, 1.82) is 0 Å². The van der Waals surface area contributed by atoms with Crippen LogP contribution in [0, 0.1) is 0 Å². The summed E-state index contributed by atoms with van der Waals surface area (Å²) in [6.45, 7) is 1.55. The molecule has 1 aromatic rings. The van der Waals surface area contributed by atoms with E-state index in [0.717, 1.165) is 16.8 Å². The number of benzene rings is 1. The van der Waals surface area contributed by atoms with E-state index in [2.05, 4.69) is 21.2 Å². The minimum atomic E-state index is -1.82. The molecule has 3 N–H and O–H groups in total. The number of carboxylic acid groups (broad SMARTS) is 2. The van der Waals surface area contributed by atoms with Gasteiger partial charge in [-0.1, -0.05) is 40.4 Å². The van der Waals surface area contributed by atoms with Crippen molar-refractivity contribution in [1.82, 2.24) is 5.32 Å². The molecule has 1 aliphatic carbocycles. The molecule has 0 aliphatic heterocycles. The molecule has 0 saturated heterocycles. The average molecular weight is 409 g/mol. The number of halogens is 2. The first-order chi connectivity index (χ1) is 10.9. The van der Waals surface area contributed by atoms with E-state index in [-0.39, 0.29) is 0 Å². The van der Waals surface area contributed by atoms with Gasteiger partial charge in [-0.25, -0.2) is 9.59 Å². The molecule has 1 aromatic carbocycles. The zero-order valence-corrected chi connectivity index (χ0v) is 14.8. The van der Waals surface area contributed by atoms with Crippen LogP contribution in [0.3, 0.4) is 0 Å². The van der Waals surface area contributed by atoms with Gasteiger partial charge in [0.2, 0.25) is 0 Å². The van der Waals surface area contributed by atoms with Crippen LogP contribution in [0.25, 0.3) is 0 Å². The molecule has 0 atom stereocenters. The molecule has 23 heavy (non-hydrogen) atoms. The first kappa shape index (κ1) is 19.7. The summed E-state index contributed by atoms with van der Waals surface area (Å²) in [5, 5.41) is 18.9. The summed E-state index contributed by atoms with van der Waals surface area (Å²) in [6, 6.07) is 6.37. The van der Waals surface area contributed by atoms with E-state index in [4.69, 9.17) is 36.1 Å². The van der Waals surface area contributed by atoms with Crippen molar-refractivity contribution >= 4 is 39.5 Å². The summed E-state index contributed by atoms with van der Waals surface area (Å²) in [4.78, 5) is 18.2. The van der Waals surface area contributed by atoms with Gasteiger partial charge in [-0.15, -0.1) is 0 Å². The number of ether oxygens (including phenoxy) is 1. The maximum absolute atomic E-state index is 9.10. The first-order valence-electron chi connectivity index (χ1n) is 7.17. The monoisotopic (exact) mass is 407 g/mol. The lowest BCUT2D eigenvalue weighted by Crippen LogP contribution is -2.30. The van der Waals surface area contributed by atoms with E-state index in [1.54, 1.807) is 0 Å². The summed E-state index contributed by atoms with van der Waals surface area (Å²) in [5.74, 6) is -2.90. The molecule has 1 aliphatic rings. The van der Waals surface area contributed by atoms with Gasteiger partial charge in [0.15, 0.2) is 0 Å². The third kappa shape index (κ3) is 8.20. The number of carboxylic acids is 2. The molecule has 0 unspecified atom stereocenters. The Bertz CT molecular complexity index is 523. The van der Waals surface area contributed by atoms with Crippen molar-refractivity contribution < 1.29 is 24.5 Å². The third-order valence-electron chi connectivity index (χ3n) is 3.22. The van der Waals surface area contributed by atoms with Crippen LogP contribution >= 0.6 is 27.5 Å². The Balaban J connectivity index is 0.000000379. The predicted molar refractivity (Wildman–Crippen MR) is 90.2 cm³/mol. The summed E-state index contributed by atoms with van der Waals surface area (Å²) in [7, 11) is 0. The minimum Gasteiger partial charge on any atom is -0.491 e. The summed E-state index contributed by atoms with van der Waals surface area (Å²) < 4.78 is 6.61. The maximum atomic E-state index is 9.10. The Morgan fingerprint density at radius 1 is 1.26 bits per heavy atom. The molecule has 0 radical (unpaired) electrons. The third-order valence-corrected chi connectivity index (χ3v) is 4.01. The smallest absolute Gasteiger partial charge is 0.414 e. The molecule has 8 heteroatoms.